The van der Waals surface area contributed by atoms with E-state index in [9.17, 15) is 4.79 Å². The third-order valence-corrected chi connectivity index (χ3v) is 2.89. The summed E-state index contributed by atoms with van der Waals surface area (Å²) < 4.78 is 7.19. The fourth-order valence-corrected chi connectivity index (χ4v) is 2.05. The largest absolute Gasteiger partial charge is 0.487 e. The molecule has 0 aromatic carbocycles. The molecule has 2 aromatic heterocycles. The quantitative estimate of drug-likeness (QED) is 0.801. The molecule has 0 aliphatic carbocycles. The second-order valence-electron chi connectivity index (χ2n) is 4.94. The Labute approximate surface area is 118 Å². The minimum Gasteiger partial charge on any atom is -0.487 e. The van der Waals surface area contributed by atoms with Gasteiger partial charge >= 0.3 is 0 Å². The van der Waals surface area contributed by atoms with E-state index in [1.807, 2.05) is 20.8 Å². The molecule has 0 amide bonds. The van der Waals surface area contributed by atoms with Crippen LogP contribution in [0.1, 0.15) is 38.3 Å². The Morgan fingerprint density at radius 2 is 2.25 bits per heavy atom. The summed E-state index contributed by atoms with van der Waals surface area (Å²) in [6.07, 6.45) is 10.3. The van der Waals surface area contributed by atoms with E-state index in [4.69, 9.17) is 11.2 Å². The van der Waals surface area contributed by atoms with E-state index >= 15 is 0 Å². The molecule has 0 unspecified atom stereocenters. The highest BCUT2D eigenvalue weighted by Crippen LogP contribution is 2.20. The minimum absolute atomic E-state index is 0.0148. The van der Waals surface area contributed by atoms with Crippen molar-refractivity contribution in [2.75, 3.05) is 0 Å². The molecule has 104 valence electrons. The summed E-state index contributed by atoms with van der Waals surface area (Å²) in [5.41, 5.74) is 1.71. The van der Waals surface area contributed by atoms with Crippen LogP contribution < -0.4 is 10.3 Å². The zero-order chi connectivity index (χ0) is 14.7. The van der Waals surface area contributed by atoms with Gasteiger partial charge in [-0.1, -0.05) is 19.3 Å². The molecular weight excluding hydrogens is 252 g/mol. The summed E-state index contributed by atoms with van der Waals surface area (Å²) in [7, 11) is 0. The summed E-state index contributed by atoms with van der Waals surface area (Å²) >= 11 is 0. The summed E-state index contributed by atoms with van der Waals surface area (Å²) in [6.45, 7) is 5.87. The lowest BCUT2D eigenvalue weighted by molar-refractivity contribution is 0.244. The fraction of sp³-hybridized carbons (Fsp3) is 0.375. The average molecular weight is 270 g/mol. The molecular formula is C16H18N2O2. The van der Waals surface area contributed by atoms with Crippen molar-refractivity contribution in [2.45, 2.75) is 39.7 Å². The Bertz CT molecular complexity index is 724. The predicted molar refractivity (Wildman–Crippen MR) is 79.2 cm³/mol. The van der Waals surface area contributed by atoms with Crippen LogP contribution in [0, 0.1) is 12.3 Å². The fourth-order valence-electron chi connectivity index (χ4n) is 2.05. The Balaban J connectivity index is 2.73. The zero-order valence-corrected chi connectivity index (χ0v) is 12.0. The highest BCUT2D eigenvalue weighted by atomic mass is 16.5. The number of hydrogen-bond donors (Lipinski definition) is 0. The lowest BCUT2D eigenvalue weighted by Gasteiger charge is -2.13. The molecule has 0 saturated carbocycles. The molecule has 0 N–H and O–H groups in total. The Kier molecular flexibility index (Phi) is 4.09. The predicted octanol–water partition coefficient (Wildman–Crippen LogP) is 2.42. The van der Waals surface area contributed by atoms with Crippen LogP contribution in [0.25, 0.3) is 5.65 Å². The van der Waals surface area contributed by atoms with Gasteiger partial charge in [0.15, 0.2) is 11.4 Å². The van der Waals surface area contributed by atoms with Crippen molar-refractivity contribution in [3.05, 3.63) is 39.9 Å². The van der Waals surface area contributed by atoms with E-state index in [1.54, 1.807) is 18.5 Å². The Morgan fingerprint density at radius 3 is 2.85 bits per heavy atom. The summed E-state index contributed by atoms with van der Waals surface area (Å²) in [5, 5.41) is 0. The first kappa shape index (κ1) is 14.1. The number of aromatic nitrogens is 2. The van der Waals surface area contributed by atoms with Gasteiger partial charge in [0.05, 0.1) is 6.10 Å². The molecule has 0 saturated heterocycles. The molecule has 2 rings (SSSR count). The van der Waals surface area contributed by atoms with Gasteiger partial charge in [-0.25, -0.2) is 4.98 Å². The van der Waals surface area contributed by atoms with Gasteiger partial charge in [-0.2, -0.15) is 0 Å². The van der Waals surface area contributed by atoms with Crippen molar-refractivity contribution in [3.63, 3.8) is 0 Å². The summed E-state index contributed by atoms with van der Waals surface area (Å²) in [5.74, 6) is 3.08. The second kappa shape index (κ2) is 5.79. The van der Waals surface area contributed by atoms with Crippen molar-refractivity contribution in [1.29, 1.82) is 0 Å². The van der Waals surface area contributed by atoms with Crippen molar-refractivity contribution < 1.29 is 4.74 Å². The maximum Gasteiger partial charge on any atom is 0.261 e. The van der Waals surface area contributed by atoms with Gasteiger partial charge in [0.25, 0.3) is 5.56 Å². The Morgan fingerprint density at radius 1 is 1.50 bits per heavy atom. The first-order valence-corrected chi connectivity index (χ1v) is 6.74. The number of nitrogens with zero attached hydrogens (tertiary/aromatic N) is 2. The molecule has 0 aliphatic rings. The van der Waals surface area contributed by atoms with Crippen LogP contribution in [0.4, 0.5) is 0 Å². The van der Waals surface area contributed by atoms with Crippen molar-refractivity contribution >= 4 is 5.65 Å². The molecule has 2 aromatic rings. The first-order valence-electron chi connectivity index (χ1n) is 6.74. The lowest BCUT2D eigenvalue weighted by atomic mass is 10.2. The van der Waals surface area contributed by atoms with Gasteiger partial charge in [0.2, 0.25) is 0 Å². The maximum atomic E-state index is 12.4. The topological polar surface area (TPSA) is 43.6 Å². The molecule has 0 radical (unpaired) electrons. The summed E-state index contributed by atoms with van der Waals surface area (Å²) in [6, 6.07) is 1.74. The van der Waals surface area contributed by atoms with Gasteiger partial charge in [0.1, 0.15) is 0 Å². The van der Waals surface area contributed by atoms with Crippen molar-refractivity contribution in [1.82, 2.24) is 9.38 Å². The Hall–Kier alpha value is -2.28. The SMILES string of the molecule is C#Cc1cc(OC(C)C)c2ncc(CCC)c(=O)n2c1. The van der Waals surface area contributed by atoms with E-state index in [2.05, 4.69) is 10.9 Å². The maximum absolute atomic E-state index is 12.4. The third kappa shape index (κ3) is 2.67. The first-order chi connectivity index (χ1) is 9.56. The molecule has 20 heavy (non-hydrogen) atoms. The number of aryl methyl sites for hydroxylation is 1. The number of terminal acetylenes is 1. The van der Waals surface area contributed by atoms with E-state index < -0.39 is 0 Å². The van der Waals surface area contributed by atoms with Crippen molar-refractivity contribution in [2.24, 2.45) is 0 Å². The molecule has 0 atom stereocenters. The third-order valence-electron chi connectivity index (χ3n) is 2.89. The van der Waals surface area contributed by atoms with Gasteiger partial charge in [-0.3, -0.25) is 9.20 Å². The highest BCUT2D eigenvalue weighted by molar-refractivity contribution is 5.57. The highest BCUT2D eigenvalue weighted by Gasteiger charge is 2.11. The molecule has 0 spiro atoms. The van der Waals surface area contributed by atoms with Crippen LogP contribution in [0.5, 0.6) is 5.75 Å². The minimum atomic E-state index is -0.0810. The molecule has 0 fully saturated rings. The van der Waals surface area contributed by atoms with Crippen LogP contribution in [0.15, 0.2) is 23.3 Å². The number of pyridine rings is 1. The smallest absolute Gasteiger partial charge is 0.261 e. The number of hydrogen-bond acceptors (Lipinski definition) is 3. The monoisotopic (exact) mass is 270 g/mol. The summed E-state index contributed by atoms with van der Waals surface area (Å²) in [4.78, 5) is 16.8. The number of ether oxygens (including phenoxy) is 1. The van der Waals surface area contributed by atoms with Crippen LogP contribution in [0.2, 0.25) is 0 Å². The second-order valence-corrected chi connectivity index (χ2v) is 4.94. The number of rotatable bonds is 4. The number of fused-ring (bicyclic) bond motifs is 1. The van der Waals surface area contributed by atoms with Gasteiger partial charge in [-0.15, -0.1) is 6.42 Å². The molecule has 0 bridgehead atoms. The van der Waals surface area contributed by atoms with Crippen LogP contribution in [-0.4, -0.2) is 15.5 Å². The molecule has 4 heteroatoms. The van der Waals surface area contributed by atoms with Gasteiger partial charge < -0.3 is 4.74 Å². The average Bonchev–Trinajstić information content (AvgIpc) is 2.41. The lowest BCUT2D eigenvalue weighted by Crippen LogP contribution is -2.20. The normalized spacial score (nSPS) is 10.8. The van der Waals surface area contributed by atoms with E-state index in [0.29, 0.717) is 28.9 Å². The van der Waals surface area contributed by atoms with E-state index in [-0.39, 0.29) is 11.7 Å². The molecule has 2 heterocycles. The van der Waals surface area contributed by atoms with Crippen LogP contribution in [-0.2, 0) is 6.42 Å². The molecule has 0 aliphatic heterocycles. The van der Waals surface area contributed by atoms with E-state index in [0.717, 1.165) is 6.42 Å². The van der Waals surface area contributed by atoms with E-state index in [1.165, 1.54) is 4.40 Å². The zero-order valence-electron chi connectivity index (χ0n) is 12.0. The molecule has 4 nitrogen and oxygen atoms in total. The van der Waals surface area contributed by atoms with Gasteiger partial charge in [-0.05, 0) is 20.3 Å². The standard InChI is InChI=1S/C16H18N2O2/c1-5-7-13-9-17-15-14(20-11(3)4)8-12(6-2)10-18(15)16(13)19/h2,8-11H,5,7H2,1,3-4H3. The van der Waals surface area contributed by atoms with Crippen molar-refractivity contribution in [3.8, 4) is 18.1 Å². The van der Waals surface area contributed by atoms with Crippen LogP contribution in [0.3, 0.4) is 0 Å². The van der Waals surface area contributed by atoms with Crippen LogP contribution >= 0.6 is 0 Å². The van der Waals surface area contributed by atoms with Gasteiger partial charge in [0, 0.05) is 29.6 Å².